The normalized spacial score (nSPS) is 31.6. The molecule has 3 N–H and O–H groups in total. The minimum Gasteiger partial charge on any atom is -0.490 e. The third-order valence-electron chi connectivity index (χ3n) is 6.03. The second kappa shape index (κ2) is 5.92. The minimum absolute atomic E-state index is 0.122. The number of aromatic nitrogens is 1. The van der Waals surface area contributed by atoms with Gasteiger partial charge in [-0.05, 0) is 61.7 Å². The van der Waals surface area contributed by atoms with E-state index < -0.39 is 0 Å². The smallest absolute Gasteiger partial charge is 0.158 e. The number of H-pyrrole nitrogens is 1. The van der Waals surface area contributed by atoms with Crippen molar-refractivity contribution >= 4 is 22.4 Å². The molecule has 2 atom stereocenters. The molecule has 2 bridgehead atoms. The van der Waals surface area contributed by atoms with Gasteiger partial charge in [0.25, 0.3) is 0 Å². The fourth-order valence-corrected chi connectivity index (χ4v) is 4.62. The summed E-state index contributed by atoms with van der Waals surface area (Å²) >= 11 is 0. The van der Waals surface area contributed by atoms with Gasteiger partial charge in [0.1, 0.15) is 5.84 Å². The van der Waals surface area contributed by atoms with Crippen LogP contribution in [0.3, 0.4) is 0 Å². The summed E-state index contributed by atoms with van der Waals surface area (Å²) in [5.41, 5.74) is 9.66. The number of ether oxygens (including phenoxy) is 1. The summed E-state index contributed by atoms with van der Waals surface area (Å²) in [7, 11) is 0. The number of nitrogens with one attached hydrogen (secondary N) is 1. The Labute approximate surface area is 147 Å². The van der Waals surface area contributed by atoms with Gasteiger partial charge in [0, 0.05) is 36.0 Å². The zero-order valence-electron chi connectivity index (χ0n) is 14.3. The molecule has 1 aromatic heterocycles. The first-order chi connectivity index (χ1) is 12.3. The number of piperidine rings is 3. The molecular formula is C20H24N4O. The number of aliphatic imine (C=N–C) groups is 1. The van der Waals surface area contributed by atoms with Crippen LogP contribution in [-0.4, -0.2) is 41.5 Å². The van der Waals surface area contributed by atoms with Gasteiger partial charge in [-0.2, -0.15) is 0 Å². The highest BCUT2D eigenvalue weighted by Crippen LogP contribution is 2.41. The topological polar surface area (TPSA) is 66.6 Å². The summed E-state index contributed by atoms with van der Waals surface area (Å²) in [5.74, 6) is 2.00. The average molecular weight is 336 g/mol. The van der Waals surface area contributed by atoms with E-state index >= 15 is 0 Å². The van der Waals surface area contributed by atoms with Gasteiger partial charge in [-0.15, -0.1) is 0 Å². The molecule has 5 nitrogen and oxygen atoms in total. The molecule has 0 radical (unpaired) electrons. The van der Waals surface area contributed by atoms with Gasteiger partial charge in [0.05, 0.1) is 11.9 Å². The van der Waals surface area contributed by atoms with Crippen molar-refractivity contribution in [3.8, 4) is 0 Å². The number of rotatable bonds is 3. The molecule has 3 saturated heterocycles. The lowest BCUT2D eigenvalue weighted by Crippen LogP contribution is -2.46. The van der Waals surface area contributed by atoms with Crippen LogP contribution in [0.25, 0.3) is 10.9 Å². The number of hydrogen-bond acceptors (Lipinski definition) is 3. The van der Waals surface area contributed by atoms with Crippen LogP contribution in [0.2, 0.25) is 0 Å². The van der Waals surface area contributed by atoms with E-state index in [-0.39, 0.29) is 6.10 Å². The van der Waals surface area contributed by atoms with Gasteiger partial charge >= 0.3 is 0 Å². The second-order valence-electron chi connectivity index (χ2n) is 7.49. The van der Waals surface area contributed by atoms with E-state index in [4.69, 9.17) is 10.5 Å². The zero-order chi connectivity index (χ0) is 16.8. The van der Waals surface area contributed by atoms with Gasteiger partial charge in [-0.3, -0.25) is 0 Å². The standard InChI is InChI=1S/C20H24N4O/c21-20(19-2-1-9-25-19)23-14-3-4-18-15(10-14)16(11-22-18)17-12-24-7-5-13(17)6-8-24/h1,3-4,9-11,13,17,19,22H,2,5-8,12H2,(H2,21,23). The number of nitrogens with zero attached hydrogens (tertiary/aromatic N) is 2. The van der Waals surface area contributed by atoms with Gasteiger partial charge in [0.2, 0.25) is 0 Å². The van der Waals surface area contributed by atoms with Crippen LogP contribution in [0, 0.1) is 5.92 Å². The number of hydrogen-bond donors (Lipinski definition) is 2. The largest absolute Gasteiger partial charge is 0.490 e. The highest BCUT2D eigenvalue weighted by molar-refractivity contribution is 5.91. The number of aromatic amines is 1. The highest BCUT2D eigenvalue weighted by atomic mass is 16.5. The molecule has 0 spiro atoms. The lowest BCUT2D eigenvalue weighted by atomic mass is 9.75. The van der Waals surface area contributed by atoms with Crippen LogP contribution in [-0.2, 0) is 4.74 Å². The maximum Gasteiger partial charge on any atom is 0.158 e. The van der Waals surface area contributed by atoms with Crippen LogP contribution >= 0.6 is 0 Å². The number of nitrogens with two attached hydrogens (primary N) is 1. The number of amidine groups is 1. The fourth-order valence-electron chi connectivity index (χ4n) is 4.62. The van der Waals surface area contributed by atoms with E-state index in [0.717, 1.165) is 18.0 Å². The second-order valence-corrected chi connectivity index (χ2v) is 7.49. The number of fused-ring (bicyclic) bond motifs is 4. The molecule has 5 heterocycles. The van der Waals surface area contributed by atoms with E-state index in [2.05, 4.69) is 33.2 Å². The Balaban J connectivity index is 1.48. The molecule has 2 unspecified atom stereocenters. The Morgan fingerprint density at radius 1 is 1.28 bits per heavy atom. The summed E-state index contributed by atoms with van der Waals surface area (Å²) in [6.45, 7) is 3.73. The van der Waals surface area contributed by atoms with Gasteiger partial charge in [0.15, 0.2) is 6.10 Å². The van der Waals surface area contributed by atoms with Gasteiger partial charge in [-0.1, -0.05) is 0 Å². The van der Waals surface area contributed by atoms with E-state index in [1.165, 1.54) is 48.9 Å². The SMILES string of the molecule is NC(=Nc1ccc2[nH]cc(C3CN4CCC3CC4)c2c1)C1CC=CO1. The zero-order valence-corrected chi connectivity index (χ0v) is 14.3. The van der Waals surface area contributed by atoms with E-state index in [0.29, 0.717) is 11.8 Å². The molecule has 4 aliphatic rings. The van der Waals surface area contributed by atoms with Crippen molar-refractivity contribution in [3.63, 3.8) is 0 Å². The Morgan fingerprint density at radius 2 is 2.16 bits per heavy atom. The van der Waals surface area contributed by atoms with Crippen molar-refractivity contribution in [1.29, 1.82) is 0 Å². The monoisotopic (exact) mass is 336 g/mol. The number of benzene rings is 1. The summed E-state index contributed by atoms with van der Waals surface area (Å²) in [6, 6.07) is 6.31. The third-order valence-corrected chi connectivity index (χ3v) is 6.03. The molecule has 25 heavy (non-hydrogen) atoms. The summed E-state index contributed by atoms with van der Waals surface area (Å²) in [6.07, 6.45) is 9.22. The van der Waals surface area contributed by atoms with E-state index in [9.17, 15) is 0 Å². The van der Waals surface area contributed by atoms with Crippen LogP contribution in [0.5, 0.6) is 0 Å². The predicted octanol–water partition coefficient (Wildman–Crippen LogP) is 3.27. The maximum absolute atomic E-state index is 6.13. The van der Waals surface area contributed by atoms with Crippen molar-refractivity contribution in [3.05, 3.63) is 42.3 Å². The van der Waals surface area contributed by atoms with Crippen molar-refractivity contribution in [1.82, 2.24) is 9.88 Å². The van der Waals surface area contributed by atoms with Crippen LogP contribution in [0.1, 0.15) is 30.7 Å². The molecule has 0 saturated carbocycles. The molecule has 1 aromatic carbocycles. The predicted molar refractivity (Wildman–Crippen MR) is 100 cm³/mol. The van der Waals surface area contributed by atoms with Crippen molar-refractivity contribution in [2.75, 3.05) is 19.6 Å². The Morgan fingerprint density at radius 3 is 2.88 bits per heavy atom. The molecule has 6 rings (SSSR count). The summed E-state index contributed by atoms with van der Waals surface area (Å²) < 4.78 is 5.46. The van der Waals surface area contributed by atoms with Gasteiger partial charge < -0.3 is 20.4 Å². The van der Waals surface area contributed by atoms with Crippen LogP contribution in [0.15, 0.2) is 41.7 Å². The molecule has 4 aliphatic heterocycles. The van der Waals surface area contributed by atoms with Crippen LogP contribution in [0.4, 0.5) is 5.69 Å². The Hall–Kier alpha value is -2.27. The first kappa shape index (κ1) is 15.0. The lowest BCUT2D eigenvalue weighted by Gasteiger charge is -2.44. The summed E-state index contributed by atoms with van der Waals surface area (Å²) in [5, 5.41) is 1.29. The highest BCUT2D eigenvalue weighted by Gasteiger charge is 2.35. The molecule has 5 heteroatoms. The minimum atomic E-state index is -0.122. The molecule has 3 fully saturated rings. The molecular weight excluding hydrogens is 312 g/mol. The fraction of sp³-hybridized carbons (Fsp3) is 0.450. The molecule has 130 valence electrons. The van der Waals surface area contributed by atoms with Crippen molar-refractivity contribution in [2.24, 2.45) is 16.6 Å². The molecule has 0 aliphatic carbocycles. The maximum atomic E-state index is 6.13. The van der Waals surface area contributed by atoms with E-state index in [1.807, 2.05) is 12.1 Å². The Kier molecular flexibility index (Phi) is 3.55. The third kappa shape index (κ3) is 2.63. The Bertz CT molecular complexity index is 836. The quantitative estimate of drug-likeness (QED) is 0.668. The van der Waals surface area contributed by atoms with Crippen molar-refractivity contribution in [2.45, 2.75) is 31.3 Å². The first-order valence-electron chi connectivity index (χ1n) is 9.26. The van der Waals surface area contributed by atoms with Crippen molar-refractivity contribution < 1.29 is 4.74 Å². The van der Waals surface area contributed by atoms with Gasteiger partial charge in [-0.25, -0.2) is 4.99 Å². The lowest BCUT2D eigenvalue weighted by molar-refractivity contribution is 0.0876. The summed E-state index contributed by atoms with van der Waals surface area (Å²) in [4.78, 5) is 10.7. The molecule has 0 amide bonds. The average Bonchev–Trinajstić information content (AvgIpc) is 3.32. The first-order valence-corrected chi connectivity index (χ1v) is 9.26. The molecule has 2 aromatic rings. The van der Waals surface area contributed by atoms with E-state index in [1.54, 1.807) is 6.26 Å². The van der Waals surface area contributed by atoms with Crippen LogP contribution < -0.4 is 5.73 Å².